The Hall–Kier alpha value is -1.51. The van der Waals surface area contributed by atoms with Crippen molar-refractivity contribution < 1.29 is 4.79 Å². The number of anilines is 2. The van der Waals surface area contributed by atoms with E-state index in [0.29, 0.717) is 12.5 Å². The van der Waals surface area contributed by atoms with Crippen molar-refractivity contribution in [3.05, 3.63) is 24.3 Å². The number of nitrogens with one attached hydrogen (secondary N) is 1. The van der Waals surface area contributed by atoms with Crippen LogP contribution < -0.4 is 10.2 Å². The molecule has 1 aromatic rings. The van der Waals surface area contributed by atoms with Crippen molar-refractivity contribution in [2.24, 2.45) is 0 Å². The van der Waals surface area contributed by atoms with Crippen LogP contribution in [-0.4, -0.2) is 18.5 Å². The fraction of sp³-hybridized carbons (Fsp3) is 0.533. The first-order valence-corrected chi connectivity index (χ1v) is 6.87. The van der Waals surface area contributed by atoms with Crippen LogP contribution in [0.3, 0.4) is 0 Å². The van der Waals surface area contributed by atoms with Gasteiger partial charge in [-0.1, -0.05) is 19.4 Å². The second-order valence-corrected chi connectivity index (χ2v) is 5.03. The van der Waals surface area contributed by atoms with Crippen LogP contribution in [-0.2, 0) is 4.79 Å². The van der Waals surface area contributed by atoms with Gasteiger partial charge in [0, 0.05) is 30.4 Å². The Morgan fingerprint density at radius 2 is 2.28 bits per heavy atom. The lowest BCUT2D eigenvalue weighted by atomic mass is 10.2. The third-order valence-electron chi connectivity index (χ3n) is 3.37. The minimum Gasteiger partial charge on any atom is -0.383 e. The van der Waals surface area contributed by atoms with Gasteiger partial charge in [0.15, 0.2) is 0 Å². The predicted molar refractivity (Wildman–Crippen MR) is 76.0 cm³/mol. The average molecular weight is 246 g/mol. The van der Waals surface area contributed by atoms with E-state index in [1.54, 1.807) is 0 Å². The van der Waals surface area contributed by atoms with E-state index < -0.39 is 0 Å². The summed E-state index contributed by atoms with van der Waals surface area (Å²) in [5.74, 6) is 0.244. The lowest BCUT2D eigenvalue weighted by Gasteiger charge is -2.19. The number of hydrogen-bond donors (Lipinski definition) is 1. The van der Waals surface area contributed by atoms with Gasteiger partial charge in [-0.2, -0.15) is 0 Å². The molecule has 3 heteroatoms. The van der Waals surface area contributed by atoms with Gasteiger partial charge in [-0.05, 0) is 38.0 Å². The zero-order chi connectivity index (χ0) is 13.0. The molecule has 3 nitrogen and oxygen atoms in total. The van der Waals surface area contributed by atoms with Gasteiger partial charge in [0.1, 0.15) is 0 Å². The van der Waals surface area contributed by atoms with Gasteiger partial charge in [0.2, 0.25) is 5.91 Å². The lowest BCUT2D eigenvalue weighted by Crippen LogP contribution is -2.23. The molecule has 1 N–H and O–H groups in total. The average Bonchev–Trinajstić information content (AvgIpc) is 2.76. The Labute approximate surface area is 109 Å². The first-order valence-electron chi connectivity index (χ1n) is 6.87. The molecule has 0 bridgehead atoms. The third-order valence-corrected chi connectivity index (χ3v) is 3.37. The number of benzene rings is 1. The largest absolute Gasteiger partial charge is 0.383 e. The predicted octanol–water partition coefficient (Wildman–Crippen LogP) is 3.41. The van der Waals surface area contributed by atoms with Crippen molar-refractivity contribution >= 4 is 17.3 Å². The van der Waals surface area contributed by atoms with Gasteiger partial charge in [-0.25, -0.2) is 0 Å². The van der Waals surface area contributed by atoms with Crippen LogP contribution in [0.4, 0.5) is 11.4 Å². The molecule has 0 saturated carbocycles. The van der Waals surface area contributed by atoms with Crippen LogP contribution in [0.5, 0.6) is 0 Å². The Morgan fingerprint density at radius 3 is 2.94 bits per heavy atom. The minimum absolute atomic E-state index is 0.244. The smallest absolute Gasteiger partial charge is 0.227 e. The molecule has 0 aromatic heterocycles. The number of hydrogen-bond acceptors (Lipinski definition) is 2. The van der Waals surface area contributed by atoms with Crippen molar-refractivity contribution in [1.29, 1.82) is 0 Å². The van der Waals surface area contributed by atoms with Crippen molar-refractivity contribution in [1.82, 2.24) is 0 Å². The van der Waals surface area contributed by atoms with Crippen molar-refractivity contribution in [2.45, 2.75) is 45.6 Å². The van der Waals surface area contributed by atoms with E-state index in [9.17, 15) is 4.79 Å². The van der Waals surface area contributed by atoms with Crippen molar-refractivity contribution in [3.8, 4) is 0 Å². The molecule has 98 valence electrons. The topological polar surface area (TPSA) is 32.3 Å². The molecular formula is C15H22N2O. The number of amides is 1. The first kappa shape index (κ1) is 12.9. The monoisotopic (exact) mass is 246 g/mol. The molecule has 1 aliphatic rings. The van der Waals surface area contributed by atoms with Gasteiger partial charge >= 0.3 is 0 Å². The molecular weight excluding hydrogens is 224 g/mol. The van der Waals surface area contributed by atoms with Crippen molar-refractivity contribution in [3.63, 3.8) is 0 Å². The molecule has 0 aliphatic carbocycles. The second kappa shape index (κ2) is 5.89. The highest BCUT2D eigenvalue weighted by molar-refractivity contribution is 5.95. The van der Waals surface area contributed by atoms with Gasteiger partial charge < -0.3 is 10.2 Å². The zero-order valence-electron chi connectivity index (χ0n) is 11.3. The molecule has 1 aliphatic heterocycles. The SMILES string of the molecule is CCCC(C)Nc1cccc(N2CCCC2=O)c1. The minimum atomic E-state index is 0.244. The summed E-state index contributed by atoms with van der Waals surface area (Å²) in [7, 11) is 0. The Kier molecular flexibility index (Phi) is 4.24. The first-order chi connectivity index (χ1) is 8.70. The van der Waals surface area contributed by atoms with Gasteiger partial charge in [-0.15, -0.1) is 0 Å². The highest BCUT2D eigenvalue weighted by Crippen LogP contribution is 2.24. The summed E-state index contributed by atoms with van der Waals surface area (Å²) in [5.41, 5.74) is 2.12. The van der Waals surface area contributed by atoms with Gasteiger partial charge in [0.05, 0.1) is 0 Å². The summed E-state index contributed by atoms with van der Waals surface area (Å²) in [6, 6.07) is 8.64. The van der Waals surface area contributed by atoms with E-state index in [4.69, 9.17) is 0 Å². The van der Waals surface area contributed by atoms with Crippen LogP contribution in [0.25, 0.3) is 0 Å². The highest BCUT2D eigenvalue weighted by atomic mass is 16.2. The van der Waals surface area contributed by atoms with Crippen LogP contribution in [0, 0.1) is 0 Å². The molecule has 0 spiro atoms. The van der Waals surface area contributed by atoms with E-state index in [1.807, 2.05) is 17.0 Å². The maximum Gasteiger partial charge on any atom is 0.227 e. The summed E-state index contributed by atoms with van der Waals surface area (Å²) in [6.45, 7) is 5.24. The fourth-order valence-electron chi connectivity index (χ4n) is 2.47. The summed E-state index contributed by atoms with van der Waals surface area (Å²) in [4.78, 5) is 13.6. The van der Waals surface area contributed by atoms with E-state index in [0.717, 1.165) is 30.8 Å². The molecule has 0 radical (unpaired) electrons. The van der Waals surface area contributed by atoms with Gasteiger partial charge in [-0.3, -0.25) is 4.79 Å². The number of rotatable bonds is 5. The standard InChI is InChI=1S/C15H22N2O/c1-3-6-12(2)16-13-7-4-8-14(11-13)17-10-5-9-15(17)18/h4,7-8,11-12,16H,3,5-6,9-10H2,1-2H3. The van der Waals surface area contributed by atoms with Crippen molar-refractivity contribution in [2.75, 3.05) is 16.8 Å². The highest BCUT2D eigenvalue weighted by Gasteiger charge is 2.21. The fourth-order valence-corrected chi connectivity index (χ4v) is 2.47. The van der Waals surface area contributed by atoms with Gasteiger partial charge in [0.25, 0.3) is 0 Å². The number of carbonyl (C=O) groups is 1. The summed E-state index contributed by atoms with van der Waals surface area (Å²) >= 11 is 0. The Balaban J connectivity index is 2.07. The quantitative estimate of drug-likeness (QED) is 0.863. The normalized spacial score (nSPS) is 17.0. The third kappa shape index (κ3) is 3.03. The molecule has 18 heavy (non-hydrogen) atoms. The molecule has 1 aromatic carbocycles. The second-order valence-electron chi connectivity index (χ2n) is 5.03. The molecule has 1 fully saturated rings. The van der Waals surface area contributed by atoms with E-state index in [2.05, 4.69) is 31.3 Å². The molecule has 1 heterocycles. The van der Waals surface area contributed by atoms with Crippen LogP contribution >= 0.6 is 0 Å². The molecule has 1 unspecified atom stereocenters. The molecule has 1 saturated heterocycles. The van der Waals surface area contributed by atoms with E-state index >= 15 is 0 Å². The van der Waals surface area contributed by atoms with E-state index in [-0.39, 0.29) is 5.91 Å². The number of carbonyl (C=O) groups excluding carboxylic acids is 1. The Bertz CT molecular complexity index is 417. The maximum absolute atomic E-state index is 11.7. The summed E-state index contributed by atoms with van der Waals surface area (Å²) < 4.78 is 0. The lowest BCUT2D eigenvalue weighted by molar-refractivity contribution is -0.117. The van der Waals surface area contributed by atoms with E-state index in [1.165, 1.54) is 6.42 Å². The Morgan fingerprint density at radius 1 is 1.44 bits per heavy atom. The maximum atomic E-state index is 11.7. The summed E-state index contributed by atoms with van der Waals surface area (Å²) in [5, 5.41) is 3.48. The molecule has 2 rings (SSSR count). The zero-order valence-corrected chi connectivity index (χ0v) is 11.3. The van der Waals surface area contributed by atoms with Crippen LogP contribution in [0.2, 0.25) is 0 Å². The molecule has 1 atom stereocenters. The molecule has 1 amide bonds. The van der Waals surface area contributed by atoms with Crippen LogP contribution in [0.1, 0.15) is 39.5 Å². The number of nitrogens with zero attached hydrogens (tertiary/aromatic N) is 1. The summed E-state index contributed by atoms with van der Waals surface area (Å²) in [6.07, 6.45) is 4.00. The van der Waals surface area contributed by atoms with Crippen LogP contribution in [0.15, 0.2) is 24.3 Å².